The molecule has 1 rings (SSSR count). The van der Waals surface area contributed by atoms with Crippen LogP contribution in [0.3, 0.4) is 0 Å². The van der Waals surface area contributed by atoms with E-state index in [1.165, 1.54) is 0 Å². The number of hydrogen-bond acceptors (Lipinski definition) is 3. The van der Waals surface area contributed by atoms with Gasteiger partial charge in [0.1, 0.15) is 0 Å². The van der Waals surface area contributed by atoms with E-state index >= 15 is 0 Å². The molecule has 0 spiro atoms. The van der Waals surface area contributed by atoms with Crippen LogP contribution in [0.4, 0.5) is 0 Å². The lowest BCUT2D eigenvalue weighted by molar-refractivity contribution is -0.143. The van der Waals surface area contributed by atoms with Gasteiger partial charge in [0.05, 0.1) is 5.29 Å². The highest BCUT2D eigenvalue weighted by Crippen LogP contribution is 2.35. The van der Waals surface area contributed by atoms with Crippen LogP contribution < -0.4 is 0 Å². The van der Waals surface area contributed by atoms with Crippen LogP contribution in [-0.2, 0) is 4.79 Å². The van der Waals surface area contributed by atoms with Crippen LogP contribution in [0, 0.1) is 4.91 Å². The molecular weight excluding hydrogens is 263 g/mol. The molecular formula is C5H7IN2O3. The fourth-order valence-corrected chi connectivity index (χ4v) is 1.80. The highest BCUT2D eigenvalue weighted by molar-refractivity contribution is 14.1. The Labute approximate surface area is 76.8 Å². The molecule has 1 N–H and O–H groups in total. The number of halogens is 1. The van der Waals surface area contributed by atoms with Crippen LogP contribution in [0.15, 0.2) is 5.29 Å². The summed E-state index contributed by atoms with van der Waals surface area (Å²) in [5.41, 5.74) is 0. The van der Waals surface area contributed by atoms with Crippen molar-refractivity contribution in [3.8, 4) is 0 Å². The lowest BCUT2D eigenvalue weighted by atomic mass is 10.2. The van der Waals surface area contributed by atoms with E-state index in [-0.39, 0.29) is 0 Å². The molecule has 11 heavy (non-hydrogen) atoms. The monoisotopic (exact) mass is 270 g/mol. The van der Waals surface area contributed by atoms with E-state index in [9.17, 15) is 9.70 Å². The fraction of sp³-hybridized carbons (Fsp3) is 0.800. The van der Waals surface area contributed by atoms with E-state index in [1.807, 2.05) is 0 Å². The van der Waals surface area contributed by atoms with Gasteiger partial charge in [-0.25, -0.2) is 9.80 Å². The van der Waals surface area contributed by atoms with Gasteiger partial charge in [-0.2, -0.15) is 0 Å². The summed E-state index contributed by atoms with van der Waals surface area (Å²) < 4.78 is -1.10. The molecule has 0 saturated carbocycles. The molecule has 1 atom stereocenters. The number of nitroso groups, excluding NO2 is 1. The number of carboxylic acid groups (broad SMARTS) is 1. The minimum atomic E-state index is -1.10. The first-order chi connectivity index (χ1) is 5.11. The van der Waals surface area contributed by atoms with E-state index in [0.717, 1.165) is 5.01 Å². The third-order valence-electron chi connectivity index (χ3n) is 1.71. The summed E-state index contributed by atoms with van der Waals surface area (Å²) in [7, 11) is 0. The molecule has 5 nitrogen and oxygen atoms in total. The molecule has 0 aromatic carbocycles. The van der Waals surface area contributed by atoms with Gasteiger partial charge in [-0.15, -0.1) is 4.91 Å². The average Bonchev–Trinajstić information content (AvgIpc) is 2.32. The highest BCUT2D eigenvalue weighted by atomic mass is 127. The molecule has 0 aromatic rings. The second-order valence-electron chi connectivity index (χ2n) is 2.37. The van der Waals surface area contributed by atoms with Gasteiger partial charge in [0.15, 0.2) is 0 Å². The maximum atomic E-state index is 10.6. The molecule has 0 radical (unpaired) electrons. The van der Waals surface area contributed by atoms with Crippen molar-refractivity contribution in [2.24, 2.45) is 5.29 Å². The third-order valence-corrected chi connectivity index (χ3v) is 3.27. The first kappa shape index (κ1) is 8.69. The molecule has 1 heterocycles. The van der Waals surface area contributed by atoms with Gasteiger partial charge in [-0.05, 0) is 35.4 Å². The van der Waals surface area contributed by atoms with Crippen LogP contribution in [0.25, 0.3) is 0 Å². The topological polar surface area (TPSA) is 70.0 Å². The van der Waals surface area contributed by atoms with Crippen molar-refractivity contribution in [2.75, 3.05) is 6.54 Å². The van der Waals surface area contributed by atoms with Crippen molar-refractivity contribution in [1.82, 2.24) is 5.01 Å². The van der Waals surface area contributed by atoms with Gasteiger partial charge in [0.2, 0.25) is 3.55 Å². The quantitative estimate of drug-likeness (QED) is 0.351. The smallest absolute Gasteiger partial charge is 0.341 e. The molecule has 6 heteroatoms. The Kier molecular flexibility index (Phi) is 2.31. The number of aliphatic carboxylic acids is 1. The maximum absolute atomic E-state index is 10.6. The summed E-state index contributed by atoms with van der Waals surface area (Å²) in [6.45, 7) is 0.443. The van der Waals surface area contributed by atoms with Crippen molar-refractivity contribution in [2.45, 2.75) is 16.4 Å². The lowest BCUT2D eigenvalue weighted by Gasteiger charge is -2.22. The predicted molar refractivity (Wildman–Crippen MR) is 46.1 cm³/mol. The van der Waals surface area contributed by atoms with Crippen molar-refractivity contribution in [3.63, 3.8) is 0 Å². The van der Waals surface area contributed by atoms with Gasteiger partial charge in [-0.3, -0.25) is 0 Å². The first-order valence-electron chi connectivity index (χ1n) is 3.14. The van der Waals surface area contributed by atoms with E-state index in [1.54, 1.807) is 22.6 Å². The maximum Gasteiger partial charge on any atom is 0.341 e. The van der Waals surface area contributed by atoms with Gasteiger partial charge >= 0.3 is 5.97 Å². The normalized spacial score (nSPS) is 30.5. The molecule has 0 aliphatic carbocycles. The second-order valence-corrected chi connectivity index (χ2v) is 4.16. The van der Waals surface area contributed by atoms with Crippen molar-refractivity contribution < 1.29 is 9.90 Å². The van der Waals surface area contributed by atoms with Gasteiger partial charge in [0, 0.05) is 6.54 Å². The Morgan fingerprint density at radius 2 is 2.36 bits per heavy atom. The largest absolute Gasteiger partial charge is 0.479 e. The Morgan fingerprint density at radius 1 is 1.73 bits per heavy atom. The molecule has 1 fully saturated rings. The number of carboxylic acids is 1. The zero-order chi connectivity index (χ0) is 8.48. The summed E-state index contributed by atoms with van der Waals surface area (Å²) >= 11 is 1.75. The van der Waals surface area contributed by atoms with Crippen LogP contribution >= 0.6 is 22.6 Å². The summed E-state index contributed by atoms with van der Waals surface area (Å²) in [6.07, 6.45) is 1.19. The highest BCUT2D eigenvalue weighted by Gasteiger charge is 2.46. The summed E-state index contributed by atoms with van der Waals surface area (Å²) in [4.78, 5) is 20.8. The van der Waals surface area contributed by atoms with Crippen molar-refractivity contribution >= 4 is 28.6 Å². The minimum absolute atomic E-state index is 0.443. The standard InChI is InChI=1S/C5H7IN2O3/c6-5(4(9)10)2-1-3-8(5)7-11/h1-3H2,(H,9,10). The Balaban J connectivity index is 2.83. The van der Waals surface area contributed by atoms with Crippen LogP contribution in [0.1, 0.15) is 12.8 Å². The second kappa shape index (κ2) is 2.92. The van der Waals surface area contributed by atoms with Crippen molar-refractivity contribution in [3.05, 3.63) is 4.91 Å². The zero-order valence-electron chi connectivity index (χ0n) is 5.66. The molecule has 0 aromatic heterocycles. The Hall–Kier alpha value is -0.400. The number of alkyl halides is 1. The number of nitrogens with zero attached hydrogens (tertiary/aromatic N) is 2. The summed E-state index contributed by atoms with van der Waals surface area (Å²) in [5, 5.41) is 12.5. The average molecular weight is 270 g/mol. The molecule has 1 aliphatic heterocycles. The van der Waals surface area contributed by atoms with Crippen LogP contribution in [0.5, 0.6) is 0 Å². The first-order valence-corrected chi connectivity index (χ1v) is 4.22. The fourth-order valence-electron chi connectivity index (χ4n) is 1.09. The lowest BCUT2D eigenvalue weighted by Crippen LogP contribution is -2.41. The van der Waals surface area contributed by atoms with E-state index < -0.39 is 9.51 Å². The number of rotatable bonds is 2. The van der Waals surface area contributed by atoms with Gasteiger partial charge in [0.25, 0.3) is 0 Å². The summed E-state index contributed by atoms with van der Waals surface area (Å²) in [6, 6.07) is 0. The van der Waals surface area contributed by atoms with E-state index in [4.69, 9.17) is 5.11 Å². The van der Waals surface area contributed by atoms with Crippen LogP contribution in [-0.4, -0.2) is 26.2 Å². The molecule has 1 saturated heterocycles. The molecule has 0 amide bonds. The molecule has 62 valence electrons. The van der Waals surface area contributed by atoms with Gasteiger partial charge in [-0.1, -0.05) is 0 Å². The predicted octanol–water partition coefficient (Wildman–Crippen LogP) is 0.980. The SMILES string of the molecule is O=NN1CCCC1(I)C(=O)O. The number of carbonyl (C=O) groups is 1. The third kappa shape index (κ3) is 1.31. The minimum Gasteiger partial charge on any atom is -0.479 e. The molecule has 1 aliphatic rings. The van der Waals surface area contributed by atoms with E-state index in [0.29, 0.717) is 19.4 Å². The molecule has 0 bridgehead atoms. The Bertz CT molecular complexity index is 198. The van der Waals surface area contributed by atoms with Crippen molar-refractivity contribution in [1.29, 1.82) is 0 Å². The zero-order valence-corrected chi connectivity index (χ0v) is 7.81. The van der Waals surface area contributed by atoms with Gasteiger partial charge < -0.3 is 5.11 Å². The van der Waals surface area contributed by atoms with Crippen LogP contribution in [0.2, 0.25) is 0 Å². The van der Waals surface area contributed by atoms with E-state index in [2.05, 4.69) is 5.29 Å². The Morgan fingerprint density at radius 3 is 2.73 bits per heavy atom. The molecule has 1 unspecified atom stereocenters. The number of hydrogen-bond donors (Lipinski definition) is 1. The summed E-state index contributed by atoms with van der Waals surface area (Å²) in [5.74, 6) is -0.991.